The summed E-state index contributed by atoms with van der Waals surface area (Å²) in [4.78, 5) is 0.299. The van der Waals surface area contributed by atoms with Crippen LogP contribution in [-0.4, -0.2) is 19.8 Å². The third-order valence-electron chi connectivity index (χ3n) is 2.84. The standard InChI is InChI=1S/C14H16N2O2S/c1-16(11-12-7-9-13(15)10-8-12)19(17,18)14-5-3-2-4-6-14/h2-10H,11,15H2,1H3. The van der Waals surface area contributed by atoms with Crippen LogP contribution in [0.15, 0.2) is 59.5 Å². The SMILES string of the molecule is CN(Cc1ccc(N)cc1)S(=O)(=O)c1ccccc1. The molecule has 0 unspecified atom stereocenters. The summed E-state index contributed by atoms with van der Waals surface area (Å²) in [5.74, 6) is 0. The maximum Gasteiger partial charge on any atom is 0.243 e. The number of nitrogens with zero attached hydrogens (tertiary/aromatic N) is 1. The van der Waals surface area contributed by atoms with Crippen LogP contribution in [0.25, 0.3) is 0 Å². The van der Waals surface area contributed by atoms with Gasteiger partial charge in [-0.2, -0.15) is 4.31 Å². The second kappa shape index (κ2) is 5.42. The first kappa shape index (κ1) is 13.6. The Hall–Kier alpha value is -1.85. The third kappa shape index (κ3) is 3.13. The van der Waals surface area contributed by atoms with Gasteiger partial charge in [0.05, 0.1) is 4.90 Å². The van der Waals surface area contributed by atoms with Gasteiger partial charge >= 0.3 is 0 Å². The molecule has 2 aromatic carbocycles. The highest BCUT2D eigenvalue weighted by molar-refractivity contribution is 7.89. The zero-order chi connectivity index (χ0) is 13.9. The summed E-state index contributed by atoms with van der Waals surface area (Å²) in [6.45, 7) is 0.317. The zero-order valence-corrected chi connectivity index (χ0v) is 11.5. The number of rotatable bonds is 4. The normalized spacial score (nSPS) is 11.7. The molecule has 5 heteroatoms. The molecule has 0 saturated heterocycles. The molecule has 4 nitrogen and oxygen atoms in total. The van der Waals surface area contributed by atoms with E-state index < -0.39 is 10.0 Å². The molecule has 0 radical (unpaired) electrons. The number of benzene rings is 2. The smallest absolute Gasteiger partial charge is 0.243 e. The predicted molar refractivity (Wildman–Crippen MR) is 75.9 cm³/mol. The van der Waals surface area contributed by atoms with Gasteiger partial charge in [0.1, 0.15) is 0 Å². The van der Waals surface area contributed by atoms with Gasteiger partial charge in [0.25, 0.3) is 0 Å². The Bertz CT molecular complexity index is 637. The molecule has 100 valence electrons. The first-order valence-electron chi connectivity index (χ1n) is 5.86. The average Bonchev–Trinajstić information content (AvgIpc) is 2.42. The number of nitrogens with two attached hydrogens (primary N) is 1. The topological polar surface area (TPSA) is 63.4 Å². The average molecular weight is 276 g/mol. The molecular formula is C14H16N2O2S. The molecule has 0 bridgehead atoms. The molecular weight excluding hydrogens is 260 g/mol. The fourth-order valence-electron chi connectivity index (χ4n) is 1.74. The van der Waals surface area contributed by atoms with Gasteiger partial charge in [-0.1, -0.05) is 30.3 Å². The van der Waals surface area contributed by atoms with Gasteiger partial charge in [0.15, 0.2) is 0 Å². The van der Waals surface area contributed by atoms with Crippen LogP contribution in [0.4, 0.5) is 5.69 Å². The van der Waals surface area contributed by atoms with E-state index in [4.69, 9.17) is 5.73 Å². The van der Waals surface area contributed by atoms with Crippen LogP contribution in [0, 0.1) is 0 Å². The van der Waals surface area contributed by atoms with E-state index in [1.54, 1.807) is 49.5 Å². The Kier molecular flexibility index (Phi) is 3.87. The molecule has 0 saturated carbocycles. The fourth-order valence-corrected chi connectivity index (χ4v) is 2.92. The summed E-state index contributed by atoms with van der Waals surface area (Å²) in [5.41, 5.74) is 7.17. The van der Waals surface area contributed by atoms with Crippen LogP contribution in [-0.2, 0) is 16.6 Å². The zero-order valence-electron chi connectivity index (χ0n) is 10.7. The Labute approximate surface area is 113 Å². The lowest BCUT2D eigenvalue weighted by atomic mass is 10.2. The molecule has 0 aliphatic rings. The van der Waals surface area contributed by atoms with Crippen molar-refractivity contribution >= 4 is 15.7 Å². The monoisotopic (exact) mass is 276 g/mol. The number of anilines is 1. The van der Waals surface area contributed by atoms with E-state index in [9.17, 15) is 8.42 Å². The summed E-state index contributed by atoms with van der Waals surface area (Å²) in [5, 5.41) is 0. The molecule has 0 fully saturated rings. The minimum atomic E-state index is -3.45. The van der Waals surface area contributed by atoms with E-state index in [2.05, 4.69) is 0 Å². The molecule has 19 heavy (non-hydrogen) atoms. The maximum atomic E-state index is 12.3. The van der Waals surface area contributed by atoms with Gasteiger partial charge < -0.3 is 5.73 Å². The van der Waals surface area contributed by atoms with Crippen molar-refractivity contribution in [2.75, 3.05) is 12.8 Å². The summed E-state index contributed by atoms with van der Waals surface area (Å²) >= 11 is 0. The number of nitrogen functional groups attached to an aromatic ring is 1. The van der Waals surface area contributed by atoms with Gasteiger partial charge in [0, 0.05) is 19.3 Å². The summed E-state index contributed by atoms with van der Waals surface area (Å²) in [7, 11) is -1.88. The largest absolute Gasteiger partial charge is 0.399 e. The van der Waals surface area contributed by atoms with Gasteiger partial charge in [-0.15, -0.1) is 0 Å². The van der Waals surface area contributed by atoms with Crippen molar-refractivity contribution < 1.29 is 8.42 Å². The molecule has 0 aliphatic carbocycles. The van der Waals surface area contributed by atoms with Crippen LogP contribution in [0.5, 0.6) is 0 Å². The highest BCUT2D eigenvalue weighted by Gasteiger charge is 2.20. The lowest BCUT2D eigenvalue weighted by molar-refractivity contribution is 0.467. The van der Waals surface area contributed by atoms with Crippen molar-refractivity contribution in [2.24, 2.45) is 0 Å². The van der Waals surface area contributed by atoms with Crippen LogP contribution in [0.1, 0.15) is 5.56 Å². The summed E-state index contributed by atoms with van der Waals surface area (Å²) in [6.07, 6.45) is 0. The van der Waals surface area contributed by atoms with E-state index in [1.165, 1.54) is 4.31 Å². The second-order valence-electron chi connectivity index (χ2n) is 4.32. The van der Waals surface area contributed by atoms with Crippen molar-refractivity contribution in [2.45, 2.75) is 11.4 Å². The Balaban J connectivity index is 2.20. The molecule has 0 atom stereocenters. The molecule has 2 N–H and O–H groups in total. The van der Waals surface area contributed by atoms with Crippen LogP contribution >= 0.6 is 0 Å². The van der Waals surface area contributed by atoms with Gasteiger partial charge in [-0.25, -0.2) is 8.42 Å². The van der Waals surface area contributed by atoms with Crippen molar-refractivity contribution in [1.29, 1.82) is 0 Å². The van der Waals surface area contributed by atoms with Crippen molar-refractivity contribution in [3.8, 4) is 0 Å². The molecule has 2 rings (SSSR count). The van der Waals surface area contributed by atoms with Gasteiger partial charge in [-0.05, 0) is 29.8 Å². The Morgan fingerprint density at radius 3 is 2.16 bits per heavy atom. The Morgan fingerprint density at radius 1 is 1.00 bits per heavy atom. The first-order valence-corrected chi connectivity index (χ1v) is 7.30. The number of hydrogen-bond donors (Lipinski definition) is 1. The minimum absolute atomic E-state index is 0.299. The van der Waals surface area contributed by atoms with Crippen molar-refractivity contribution in [1.82, 2.24) is 4.31 Å². The van der Waals surface area contributed by atoms with E-state index >= 15 is 0 Å². The van der Waals surface area contributed by atoms with E-state index in [0.29, 0.717) is 17.1 Å². The lowest BCUT2D eigenvalue weighted by Gasteiger charge is -2.17. The van der Waals surface area contributed by atoms with Crippen molar-refractivity contribution in [3.63, 3.8) is 0 Å². The van der Waals surface area contributed by atoms with Gasteiger partial charge in [0.2, 0.25) is 10.0 Å². The predicted octanol–water partition coefficient (Wildman–Crippen LogP) is 2.09. The van der Waals surface area contributed by atoms with E-state index in [1.807, 2.05) is 12.1 Å². The summed E-state index contributed by atoms with van der Waals surface area (Å²) in [6, 6.07) is 15.6. The molecule has 0 spiro atoms. The van der Waals surface area contributed by atoms with Gasteiger partial charge in [-0.3, -0.25) is 0 Å². The molecule has 0 amide bonds. The quantitative estimate of drug-likeness (QED) is 0.870. The molecule has 0 aromatic heterocycles. The highest BCUT2D eigenvalue weighted by Crippen LogP contribution is 2.16. The molecule has 0 heterocycles. The van der Waals surface area contributed by atoms with Crippen LogP contribution in [0.3, 0.4) is 0 Å². The number of hydrogen-bond acceptors (Lipinski definition) is 3. The second-order valence-corrected chi connectivity index (χ2v) is 6.36. The minimum Gasteiger partial charge on any atom is -0.399 e. The van der Waals surface area contributed by atoms with E-state index in [0.717, 1.165) is 5.56 Å². The lowest BCUT2D eigenvalue weighted by Crippen LogP contribution is -2.26. The number of sulfonamides is 1. The van der Waals surface area contributed by atoms with Crippen LogP contribution < -0.4 is 5.73 Å². The molecule has 0 aliphatic heterocycles. The maximum absolute atomic E-state index is 12.3. The van der Waals surface area contributed by atoms with E-state index in [-0.39, 0.29) is 0 Å². The van der Waals surface area contributed by atoms with Crippen LogP contribution in [0.2, 0.25) is 0 Å². The third-order valence-corrected chi connectivity index (χ3v) is 4.65. The first-order chi connectivity index (χ1) is 9.00. The Morgan fingerprint density at radius 2 is 1.58 bits per heavy atom. The summed E-state index contributed by atoms with van der Waals surface area (Å²) < 4.78 is 25.9. The highest BCUT2D eigenvalue weighted by atomic mass is 32.2. The molecule has 2 aromatic rings. The fraction of sp³-hybridized carbons (Fsp3) is 0.143. The van der Waals surface area contributed by atoms with Crippen molar-refractivity contribution in [3.05, 3.63) is 60.2 Å².